The van der Waals surface area contributed by atoms with Crippen LogP contribution in [0.1, 0.15) is 11.3 Å². The maximum Gasteiger partial charge on any atom is 0.244 e. The van der Waals surface area contributed by atoms with Crippen LogP contribution in [0.25, 0.3) is 0 Å². The number of aromatic nitrogens is 1. The molecule has 1 saturated heterocycles. The predicted molar refractivity (Wildman–Crippen MR) is 95.3 cm³/mol. The lowest BCUT2D eigenvalue weighted by atomic mass is 10.0. The van der Waals surface area contributed by atoms with Gasteiger partial charge >= 0.3 is 0 Å². The molecule has 1 aliphatic heterocycles. The van der Waals surface area contributed by atoms with Crippen molar-refractivity contribution in [3.8, 4) is 17.9 Å². The van der Waals surface area contributed by atoms with Crippen LogP contribution in [0.15, 0.2) is 41.4 Å². The second kappa shape index (κ2) is 7.73. The molecule has 9 nitrogen and oxygen atoms in total. The summed E-state index contributed by atoms with van der Waals surface area (Å²) in [5.41, 5.74) is -2.09. The third kappa shape index (κ3) is 3.90. The van der Waals surface area contributed by atoms with Crippen molar-refractivity contribution in [3.63, 3.8) is 0 Å². The minimum atomic E-state index is -4.10. The number of sulfonamides is 1. The van der Waals surface area contributed by atoms with Gasteiger partial charge in [0.05, 0.1) is 18.7 Å². The summed E-state index contributed by atoms with van der Waals surface area (Å²) in [4.78, 5) is 3.53. The van der Waals surface area contributed by atoms with Crippen LogP contribution in [-0.4, -0.2) is 59.3 Å². The number of hydrogen-bond donors (Lipinski definition) is 2. The molecule has 0 aliphatic carbocycles. The normalized spacial score (nSPS) is 22.0. The molecule has 0 unspecified atom stereocenters. The third-order valence-electron chi connectivity index (χ3n) is 4.52. The summed E-state index contributed by atoms with van der Waals surface area (Å²) in [6, 6.07) is 9.34. The Bertz CT molecular complexity index is 1110. The molecule has 1 aromatic heterocycles. The summed E-state index contributed by atoms with van der Waals surface area (Å²) in [5.74, 6) is -0.860. The molecule has 11 heteroatoms. The molecule has 0 spiro atoms. The van der Waals surface area contributed by atoms with Gasteiger partial charge in [0.2, 0.25) is 10.0 Å². The summed E-state index contributed by atoms with van der Waals surface area (Å²) in [6.45, 7) is -1.58. The fourth-order valence-corrected chi connectivity index (χ4v) is 4.33. The molecule has 150 valence electrons. The van der Waals surface area contributed by atoms with E-state index in [1.165, 1.54) is 24.3 Å². The number of hydrogen-bond acceptors (Lipinski definition) is 8. The van der Waals surface area contributed by atoms with Gasteiger partial charge in [-0.3, -0.25) is 0 Å². The van der Waals surface area contributed by atoms with Crippen LogP contribution in [0.5, 0.6) is 5.75 Å². The molecular weight excluding hydrogens is 403 g/mol. The van der Waals surface area contributed by atoms with Gasteiger partial charge in [0.15, 0.2) is 0 Å². The molecule has 0 radical (unpaired) electrons. The van der Waals surface area contributed by atoms with E-state index in [-0.39, 0.29) is 28.4 Å². The molecular formula is C18H15FN4O5S. The zero-order chi connectivity index (χ0) is 21.2. The molecule has 0 saturated carbocycles. The number of pyridine rings is 1. The zero-order valence-corrected chi connectivity index (χ0v) is 15.7. The average molecular weight is 418 g/mol. The molecule has 0 amide bonds. The SMILES string of the molecule is N#Cc1ccc(S(=O)(=O)N2C[C@H](Oc3ccc(C#N)c(F)c3)[C@](O)(CO)C2)cn1. The summed E-state index contributed by atoms with van der Waals surface area (Å²) in [6.07, 6.45) is -0.170. The average Bonchev–Trinajstić information content (AvgIpc) is 3.06. The maximum absolute atomic E-state index is 13.8. The fraction of sp³-hybridized carbons (Fsp3) is 0.278. The Labute approximate surface area is 165 Å². The van der Waals surface area contributed by atoms with Crippen LogP contribution >= 0.6 is 0 Å². The molecule has 2 atom stereocenters. The number of nitrogens with zero attached hydrogens (tertiary/aromatic N) is 4. The Morgan fingerprint density at radius 2 is 2.07 bits per heavy atom. The highest BCUT2D eigenvalue weighted by molar-refractivity contribution is 7.89. The van der Waals surface area contributed by atoms with E-state index in [2.05, 4.69) is 4.98 Å². The summed E-state index contributed by atoms with van der Waals surface area (Å²) < 4.78 is 45.9. The van der Waals surface area contributed by atoms with E-state index >= 15 is 0 Å². The van der Waals surface area contributed by atoms with E-state index in [1.54, 1.807) is 12.1 Å². The number of β-amino-alcohol motifs (C(OH)–C–C–N with tert-alkyl or cyclic N) is 1. The van der Waals surface area contributed by atoms with Crippen LogP contribution in [0, 0.1) is 28.5 Å². The highest BCUT2D eigenvalue weighted by Crippen LogP contribution is 2.31. The van der Waals surface area contributed by atoms with Crippen molar-refractivity contribution in [1.29, 1.82) is 10.5 Å². The maximum atomic E-state index is 13.8. The Hall–Kier alpha value is -3.09. The third-order valence-corrected chi connectivity index (χ3v) is 6.32. The van der Waals surface area contributed by atoms with E-state index in [1.807, 2.05) is 0 Å². The van der Waals surface area contributed by atoms with E-state index in [0.717, 1.165) is 16.6 Å². The number of aliphatic hydroxyl groups excluding tert-OH is 1. The van der Waals surface area contributed by atoms with E-state index < -0.39 is 40.7 Å². The molecule has 0 bridgehead atoms. The fourth-order valence-electron chi connectivity index (χ4n) is 2.88. The minimum Gasteiger partial charge on any atom is -0.486 e. The number of nitriles is 2. The summed E-state index contributed by atoms with van der Waals surface area (Å²) in [5, 5.41) is 37.8. The Kier molecular flexibility index (Phi) is 5.50. The van der Waals surface area contributed by atoms with Gasteiger partial charge in [0.25, 0.3) is 0 Å². The van der Waals surface area contributed by atoms with Gasteiger partial charge in [-0.2, -0.15) is 14.8 Å². The van der Waals surface area contributed by atoms with Crippen LogP contribution in [0.4, 0.5) is 4.39 Å². The first-order valence-corrected chi connectivity index (χ1v) is 9.73. The number of aliphatic hydroxyl groups is 2. The molecule has 3 rings (SSSR count). The number of rotatable bonds is 5. The lowest BCUT2D eigenvalue weighted by Gasteiger charge is -2.27. The highest BCUT2D eigenvalue weighted by atomic mass is 32.2. The zero-order valence-electron chi connectivity index (χ0n) is 14.9. The van der Waals surface area contributed by atoms with Crippen molar-refractivity contribution < 1.29 is 27.8 Å². The van der Waals surface area contributed by atoms with Crippen molar-refractivity contribution in [2.75, 3.05) is 19.7 Å². The molecule has 1 aromatic carbocycles. The van der Waals surface area contributed by atoms with E-state index in [4.69, 9.17) is 15.3 Å². The molecule has 2 aromatic rings. The second-order valence-corrected chi connectivity index (χ2v) is 8.35. The summed E-state index contributed by atoms with van der Waals surface area (Å²) >= 11 is 0. The molecule has 1 aliphatic rings. The molecule has 2 heterocycles. The Morgan fingerprint density at radius 3 is 2.62 bits per heavy atom. The lowest BCUT2D eigenvalue weighted by molar-refractivity contribution is -0.0641. The molecule has 2 N–H and O–H groups in total. The van der Waals surface area contributed by atoms with Crippen molar-refractivity contribution in [2.45, 2.75) is 16.6 Å². The number of ether oxygens (including phenoxy) is 1. The van der Waals surface area contributed by atoms with Crippen LogP contribution in [0.3, 0.4) is 0 Å². The van der Waals surface area contributed by atoms with Crippen molar-refractivity contribution in [2.24, 2.45) is 0 Å². The van der Waals surface area contributed by atoms with Gasteiger partial charge in [-0.05, 0) is 24.3 Å². The largest absolute Gasteiger partial charge is 0.486 e. The molecule has 1 fully saturated rings. The van der Waals surface area contributed by atoms with Gasteiger partial charge in [0.1, 0.15) is 46.0 Å². The van der Waals surface area contributed by atoms with Gasteiger partial charge in [-0.25, -0.2) is 17.8 Å². The first kappa shape index (κ1) is 20.6. The van der Waals surface area contributed by atoms with Gasteiger partial charge in [-0.1, -0.05) is 0 Å². The Balaban J connectivity index is 1.86. The monoisotopic (exact) mass is 418 g/mol. The standard InChI is InChI=1S/C18H15FN4O5S/c19-16-5-14(3-1-12(16)6-20)28-17-9-23(10-18(17,25)11-24)29(26,27)15-4-2-13(7-21)22-8-15/h1-5,8,17,24-25H,9-11H2/t17-,18+/m0/s1. The van der Waals surface area contributed by atoms with Crippen molar-refractivity contribution in [1.82, 2.24) is 9.29 Å². The smallest absolute Gasteiger partial charge is 0.244 e. The van der Waals surface area contributed by atoms with Crippen LogP contribution < -0.4 is 4.74 Å². The molecule has 29 heavy (non-hydrogen) atoms. The highest BCUT2D eigenvalue weighted by Gasteiger charge is 2.50. The lowest BCUT2D eigenvalue weighted by Crippen LogP contribution is -2.48. The van der Waals surface area contributed by atoms with Crippen LogP contribution in [0.2, 0.25) is 0 Å². The number of benzene rings is 1. The first-order chi connectivity index (χ1) is 13.7. The minimum absolute atomic E-state index is 0.0299. The van der Waals surface area contributed by atoms with E-state index in [9.17, 15) is 23.0 Å². The second-order valence-electron chi connectivity index (χ2n) is 6.41. The van der Waals surface area contributed by atoms with Crippen molar-refractivity contribution in [3.05, 3.63) is 53.6 Å². The van der Waals surface area contributed by atoms with Crippen molar-refractivity contribution >= 4 is 10.0 Å². The first-order valence-electron chi connectivity index (χ1n) is 8.29. The predicted octanol–water partition coefficient (Wildman–Crippen LogP) is 0.139. The van der Waals surface area contributed by atoms with Gasteiger partial charge in [-0.15, -0.1) is 0 Å². The van der Waals surface area contributed by atoms with Gasteiger partial charge in [0, 0.05) is 18.8 Å². The summed E-state index contributed by atoms with van der Waals surface area (Å²) in [7, 11) is -4.10. The van der Waals surface area contributed by atoms with Gasteiger partial charge < -0.3 is 14.9 Å². The Morgan fingerprint density at radius 1 is 1.31 bits per heavy atom. The van der Waals surface area contributed by atoms with E-state index in [0.29, 0.717) is 0 Å². The quantitative estimate of drug-likeness (QED) is 0.697. The topological polar surface area (TPSA) is 148 Å². The number of halogens is 1. The van der Waals surface area contributed by atoms with Crippen LogP contribution in [-0.2, 0) is 10.0 Å².